The van der Waals surface area contributed by atoms with Gasteiger partial charge in [0, 0.05) is 13.1 Å². The number of carbonyl (C=O) groups excluding carboxylic acids is 1. The summed E-state index contributed by atoms with van der Waals surface area (Å²) in [4.78, 5) is 14.1. The van der Waals surface area contributed by atoms with Crippen molar-refractivity contribution in [3.63, 3.8) is 0 Å². The van der Waals surface area contributed by atoms with Gasteiger partial charge in [-0.05, 0) is 31.5 Å². The first-order valence-electron chi connectivity index (χ1n) is 6.85. The van der Waals surface area contributed by atoms with Crippen LogP contribution in [0.5, 0.6) is 5.75 Å². The molecule has 0 bridgehead atoms. The molecule has 0 unspecified atom stereocenters. The number of ether oxygens (including phenoxy) is 1. The molecule has 2 N–H and O–H groups in total. The fraction of sp³-hybridized carbons (Fsp3) is 0.500. The van der Waals surface area contributed by atoms with Crippen LogP contribution in [0.1, 0.15) is 37.0 Å². The number of hydrogen-bond acceptors (Lipinski definition) is 4. The number of methoxy groups -OCH3 is 1. The van der Waals surface area contributed by atoms with Crippen LogP contribution in [0.2, 0.25) is 0 Å². The Morgan fingerprint density at radius 2 is 2.00 bits per heavy atom. The molecule has 118 valence electrons. The Bertz CT molecular complexity index is 599. The number of benzene rings is 1. The van der Waals surface area contributed by atoms with Gasteiger partial charge in [0.2, 0.25) is 10.0 Å². The number of amides is 1. The molecule has 6 nitrogen and oxygen atoms in total. The molecule has 1 aromatic rings. The molecule has 0 atom stereocenters. The van der Waals surface area contributed by atoms with Gasteiger partial charge in [0.25, 0.3) is 5.91 Å². The number of hydrogen-bond donors (Lipinski definition) is 1. The Kier molecular flexibility index (Phi) is 6.17. The standard InChI is InChI=1S/C14H22N2O4S/c1-4-6-9-16(5-2)14(17)12-10-11(21(15,18)19)7-8-13(12)20-3/h7-8,10H,4-6,9H2,1-3H3,(H2,15,18,19). The number of carbonyl (C=O) groups is 1. The lowest BCUT2D eigenvalue weighted by molar-refractivity contribution is 0.0758. The molecule has 1 rings (SSSR count). The summed E-state index contributed by atoms with van der Waals surface area (Å²) in [5, 5.41) is 5.11. The number of rotatable bonds is 7. The predicted octanol–water partition coefficient (Wildman–Crippen LogP) is 1.60. The third kappa shape index (κ3) is 4.44. The topological polar surface area (TPSA) is 89.7 Å². The van der Waals surface area contributed by atoms with Crippen LogP contribution in [-0.4, -0.2) is 39.4 Å². The number of primary sulfonamides is 1. The van der Waals surface area contributed by atoms with E-state index in [1.165, 1.54) is 25.3 Å². The van der Waals surface area contributed by atoms with Gasteiger partial charge in [-0.25, -0.2) is 13.6 Å². The number of nitrogens with zero attached hydrogens (tertiary/aromatic N) is 1. The Morgan fingerprint density at radius 3 is 2.48 bits per heavy atom. The lowest BCUT2D eigenvalue weighted by atomic mass is 10.1. The number of unbranched alkanes of at least 4 members (excludes halogenated alkanes) is 1. The normalized spacial score (nSPS) is 11.2. The fourth-order valence-electron chi connectivity index (χ4n) is 1.95. The molecule has 21 heavy (non-hydrogen) atoms. The van der Waals surface area contributed by atoms with E-state index in [1.807, 2.05) is 13.8 Å². The van der Waals surface area contributed by atoms with Gasteiger partial charge in [0.05, 0.1) is 17.6 Å². The van der Waals surface area contributed by atoms with Crippen molar-refractivity contribution in [1.82, 2.24) is 4.90 Å². The fourth-order valence-corrected chi connectivity index (χ4v) is 2.49. The summed E-state index contributed by atoms with van der Waals surface area (Å²) >= 11 is 0. The Labute approximate surface area is 125 Å². The molecule has 0 fully saturated rings. The highest BCUT2D eigenvalue weighted by atomic mass is 32.2. The van der Waals surface area contributed by atoms with E-state index in [9.17, 15) is 13.2 Å². The minimum atomic E-state index is -3.86. The third-order valence-corrected chi connectivity index (χ3v) is 4.09. The predicted molar refractivity (Wildman–Crippen MR) is 80.9 cm³/mol. The van der Waals surface area contributed by atoms with Crippen molar-refractivity contribution in [2.75, 3.05) is 20.2 Å². The highest BCUT2D eigenvalue weighted by Crippen LogP contribution is 2.23. The molecule has 1 amide bonds. The highest BCUT2D eigenvalue weighted by Gasteiger charge is 2.21. The van der Waals surface area contributed by atoms with Crippen LogP contribution in [0.4, 0.5) is 0 Å². The summed E-state index contributed by atoms with van der Waals surface area (Å²) in [6.45, 7) is 5.08. The average Bonchev–Trinajstić information content (AvgIpc) is 2.46. The quantitative estimate of drug-likeness (QED) is 0.828. The Morgan fingerprint density at radius 1 is 1.33 bits per heavy atom. The van der Waals surface area contributed by atoms with Gasteiger partial charge in [-0.2, -0.15) is 0 Å². The first-order valence-corrected chi connectivity index (χ1v) is 8.39. The molecule has 0 aromatic heterocycles. The third-order valence-electron chi connectivity index (χ3n) is 3.18. The van der Waals surface area contributed by atoms with Crippen molar-refractivity contribution >= 4 is 15.9 Å². The zero-order valence-corrected chi connectivity index (χ0v) is 13.4. The summed E-state index contributed by atoms with van der Waals surface area (Å²) in [7, 11) is -2.42. The zero-order valence-electron chi connectivity index (χ0n) is 12.6. The van der Waals surface area contributed by atoms with Crippen LogP contribution in [0.15, 0.2) is 23.1 Å². The molecule has 0 aliphatic heterocycles. The van der Waals surface area contributed by atoms with Crippen molar-refractivity contribution in [2.24, 2.45) is 5.14 Å². The first kappa shape index (κ1) is 17.5. The maximum absolute atomic E-state index is 12.6. The van der Waals surface area contributed by atoms with Crippen molar-refractivity contribution in [3.05, 3.63) is 23.8 Å². The van der Waals surface area contributed by atoms with Gasteiger partial charge in [-0.3, -0.25) is 4.79 Å². The molecule has 0 saturated heterocycles. The highest BCUT2D eigenvalue weighted by molar-refractivity contribution is 7.89. The second kappa shape index (κ2) is 7.42. The smallest absolute Gasteiger partial charge is 0.257 e. The monoisotopic (exact) mass is 314 g/mol. The second-order valence-electron chi connectivity index (χ2n) is 4.65. The van der Waals surface area contributed by atoms with Gasteiger partial charge >= 0.3 is 0 Å². The van der Waals surface area contributed by atoms with E-state index in [4.69, 9.17) is 9.88 Å². The largest absolute Gasteiger partial charge is 0.496 e. The van der Waals surface area contributed by atoms with E-state index in [-0.39, 0.29) is 16.4 Å². The molecule has 7 heteroatoms. The zero-order chi connectivity index (χ0) is 16.0. The van der Waals surface area contributed by atoms with E-state index in [1.54, 1.807) is 4.90 Å². The molecular formula is C14H22N2O4S. The van der Waals surface area contributed by atoms with Crippen LogP contribution >= 0.6 is 0 Å². The lowest BCUT2D eigenvalue weighted by Gasteiger charge is -2.22. The van der Waals surface area contributed by atoms with Crippen molar-refractivity contribution in [2.45, 2.75) is 31.6 Å². The van der Waals surface area contributed by atoms with Crippen molar-refractivity contribution < 1.29 is 17.9 Å². The van der Waals surface area contributed by atoms with E-state index < -0.39 is 10.0 Å². The Hall–Kier alpha value is -1.60. The van der Waals surface area contributed by atoms with Gasteiger partial charge in [-0.1, -0.05) is 13.3 Å². The number of sulfonamides is 1. The molecular weight excluding hydrogens is 292 g/mol. The molecule has 0 radical (unpaired) electrons. The molecule has 0 aliphatic carbocycles. The van der Waals surface area contributed by atoms with Gasteiger partial charge in [-0.15, -0.1) is 0 Å². The number of nitrogens with two attached hydrogens (primary N) is 1. The molecule has 0 aliphatic rings. The van der Waals surface area contributed by atoms with Crippen molar-refractivity contribution in [1.29, 1.82) is 0 Å². The maximum atomic E-state index is 12.6. The second-order valence-corrected chi connectivity index (χ2v) is 6.21. The molecule has 0 saturated carbocycles. The summed E-state index contributed by atoms with van der Waals surface area (Å²) in [5.74, 6) is 0.0793. The van der Waals surface area contributed by atoms with Crippen LogP contribution in [-0.2, 0) is 10.0 Å². The van der Waals surface area contributed by atoms with Crippen LogP contribution < -0.4 is 9.88 Å². The average molecular weight is 314 g/mol. The van der Waals surface area contributed by atoms with Crippen molar-refractivity contribution in [3.8, 4) is 5.75 Å². The van der Waals surface area contributed by atoms with Gasteiger partial charge in [0.1, 0.15) is 5.75 Å². The van der Waals surface area contributed by atoms with E-state index in [0.717, 1.165) is 12.8 Å². The SMILES string of the molecule is CCCCN(CC)C(=O)c1cc(S(N)(=O)=O)ccc1OC. The summed E-state index contributed by atoms with van der Waals surface area (Å²) < 4.78 is 28.0. The van der Waals surface area contributed by atoms with E-state index >= 15 is 0 Å². The van der Waals surface area contributed by atoms with E-state index in [2.05, 4.69) is 0 Å². The maximum Gasteiger partial charge on any atom is 0.257 e. The summed E-state index contributed by atoms with van der Waals surface area (Å²) in [6.07, 6.45) is 1.86. The van der Waals surface area contributed by atoms with Gasteiger partial charge in [0.15, 0.2) is 0 Å². The minimum Gasteiger partial charge on any atom is -0.496 e. The molecule has 1 aromatic carbocycles. The lowest BCUT2D eigenvalue weighted by Crippen LogP contribution is -2.32. The first-order chi connectivity index (χ1) is 9.85. The molecule has 0 heterocycles. The Balaban J connectivity index is 3.22. The summed E-state index contributed by atoms with van der Waals surface area (Å²) in [6, 6.07) is 4.04. The molecule has 0 spiro atoms. The summed E-state index contributed by atoms with van der Waals surface area (Å²) in [5.41, 5.74) is 0.210. The van der Waals surface area contributed by atoms with Crippen LogP contribution in [0.25, 0.3) is 0 Å². The van der Waals surface area contributed by atoms with E-state index in [0.29, 0.717) is 18.8 Å². The van der Waals surface area contributed by atoms with Crippen LogP contribution in [0, 0.1) is 0 Å². The van der Waals surface area contributed by atoms with Crippen LogP contribution in [0.3, 0.4) is 0 Å². The van der Waals surface area contributed by atoms with Gasteiger partial charge < -0.3 is 9.64 Å². The minimum absolute atomic E-state index is 0.0989.